The Morgan fingerprint density at radius 1 is 0.630 bits per heavy atom. The molecule has 0 aliphatic heterocycles. The number of carbonyl (C=O) groups excluding carboxylic acids is 4. The third-order valence-electron chi connectivity index (χ3n) is 7.03. The van der Waals surface area contributed by atoms with E-state index in [1.54, 1.807) is 52.0 Å². The predicted molar refractivity (Wildman–Crippen MR) is 172 cm³/mol. The van der Waals surface area contributed by atoms with Crippen LogP contribution in [0.15, 0.2) is 84.9 Å². The average Bonchev–Trinajstić information content (AvgIpc) is 3.05. The zero-order valence-electron chi connectivity index (χ0n) is 26.6. The molecule has 0 saturated heterocycles. The Labute approximate surface area is 269 Å². The maximum absolute atomic E-state index is 13.0. The van der Waals surface area contributed by atoms with Gasteiger partial charge in [0.15, 0.2) is 0 Å². The standard InChI is InChI=1S/C35H43N3O8/c1-23(2)30(37-34(42)44-21-26-11-7-5-8-12-26)32(40)36-28(20-39)19-25-15-17-29(18-16-25)46-33(41)31(24(3)4)38-35(43)45-22-27-13-9-6-10-14-27/h5-18,23-24,28,30-31,39H,19-22H2,1-4H3,(H,36,40)(H,37,42)(H,38,43)/t28?,30-,31-/m0/s1. The molecule has 3 amide bonds. The first-order chi connectivity index (χ1) is 22.0. The molecule has 0 aromatic heterocycles. The van der Waals surface area contributed by atoms with Gasteiger partial charge in [0.25, 0.3) is 0 Å². The van der Waals surface area contributed by atoms with E-state index in [0.29, 0.717) is 0 Å². The first kappa shape index (κ1) is 35.6. The third-order valence-corrected chi connectivity index (χ3v) is 7.03. The molecule has 3 aromatic rings. The lowest BCUT2D eigenvalue weighted by molar-refractivity contribution is -0.137. The number of benzene rings is 3. The molecule has 3 aromatic carbocycles. The van der Waals surface area contributed by atoms with Crippen molar-refractivity contribution < 1.29 is 38.5 Å². The van der Waals surface area contributed by atoms with E-state index in [-0.39, 0.29) is 43.8 Å². The lowest BCUT2D eigenvalue weighted by Crippen LogP contribution is -2.53. The number of esters is 1. The summed E-state index contributed by atoms with van der Waals surface area (Å²) in [6.45, 7) is 6.95. The molecule has 0 aliphatic rings. The van der Waals surface area contributed by atoms with Crippen LogP contribution in [0.3, 0.4) is 0 Å². The van der Waals surface area contributed by atoms with E-state index in [2.05, 4.69) is 16.0 Å². The van der Waals surface area contributed by atoms with E-state index in [0.717, 1.165) is 16.7 Å². The summed E-state index contributed by atoms with van der Waals surface area (Å²) in [6.07, 6.45) is -1.17. The summed E-state index contributed by atoms with van der Waals surface area (Å²) in [5.41, 5.74) is 2.40. The summed E-state index contributed by atoms with van der Waals surface area (Å²) in [5, 5.41) is 17.9. The Bertz CT molecular complexity index is 1400. The van der Waals surface area contributed by atoms with E-state index >= 15 is 0 Å². The number of alkyl carbamates (subject to hydrolysis) is 2. The predicted octanol–water partition coefficient (Wildman–Crippen LogP) is 4.51. The molecular formula is C35H43N3O8. The number of carbonyl (C=O) groups is 4. The van der Waals surface area contributed by atoms with Gasteiger partial charge in [-0.15, -0.1) is 0 Å². The highest BCUT2D eigenvalue weighted by Gasteiger charge is 2.28. The minimum absolute atomic E-state index is 0.0687. The number of rotatable bonds is 15. The molecule has 11 heteroatoms. The van der Waals surface area contributed by atoms with Crippen LogP contribution in [0.25, 0.3) is 0 Å². The molecular weight excluding hydrogens is 590 g/mol. The summed E-state index contributed by atoms with van der Waals surface area (Å²) in [4.78, 5) is 50.7. The largest absolute Gasteiger partial charge is 0.445 e. The molecule has 0 spiro atoms. The van der Waals surface area contributed by atoms with Crippen molar-refractivity contribution in [1.82, 2.24) is 16.0 Å². The Balaban J connectivity index is 1.50. The van der Waals surface area contributed by atoms with E-state index in [1.165, 1.54) is 0 Å². The van der Waals surface area contributed by atoms with Gasteiger partial charge in [0.1, 0.15) is 31.0 Å². The number of ether oxygens (including phenoxy) is 3. The molecule has 0 bridgehead atoms. The normalized spacial score (nSPS) is 12.8. The van der Waals surface area contributed by atoms with Crippen LogP contribution >= 0.6 is 0 Å². The van der Waals surface area contributed by atoms with Crippen LogP contribution in [-0.4, -0.2) is 53.9 Å². The molecule has 0 aliphatic carbocycles. The average molecular weight is 634 g/mol. The monoisotopic (exact) mass is 633 g/mol. The van der Waals surface area contributed by atoms with Crippen molar-refractivity contribution >= 4 is 24.1 Å². The zero-order valence-corrected chi connectivity index (χ0v) is 26.6. The van der Waals surface area contributed by atoms with Crippen LogP contribution in [0.5, 0.6) is 5.75 Å². The van der Waals surface area contributed by atoms with Gasteiger partial charge in [-0.1, -0.05) is 100 Å². The Morgan fingerprint density at radius 2 is 1.11 bits per heavy atom. The SMILES string of the molecule is CC(C)[C@H](NC(=O)OCc1ccccc1)C(=O)NC(CO)Cc1ccc(OC(=O)[C@@H](NC(=O)OCc2ccccc2)C(C)C)cc1. The molecule has 11 nitrogen and oxygen atoms in total. The van der Waals surface area contributed by atoms with Crippen LogP contribution in [-0.2, 0) is 38.7 Å². The summed E-state index contributed by atoms with van der Waals surface area (Å²) >= 11 is 0. The highest BCUT2D eigenvalue weighted by Crippen LogP contribution is 2.16. The second-order valence-corrected chi connectivity index (χ2v) is 11.5. The number of amides is 3. The van der Waals surface area contributed by atoms with Crippen molar-refractivity contribution in [2.24, 2.45) is 11.8 Å². The first-order valence-corrected chi connectivity index (χ1v) is 15.2. The second-order valence-electron chi connectivity index (χ2n) is 11.5. The summed E-state index contributed by atoms with van der Waals surface area (Å²) in [6, 6.07) is 22.5. The Hall–Kier alpha value is -4.90. The minimum atomic E-state index is -0.935. The summed E-state index contributed by atoms with van der Waals surface area (Å²) < 4.78 is 16.0. The quantitative estimate of drug-likeness (QED) is 0.141. The van der Waals surface area contributed by atoms with E-state index in [1.807, 2.05) is 60.7 Å². The van der Waals surface area contributed by atoms with Gasteiger partial charge in [-0.05, 0) is 47.1 Å². The fraction of sp³-hybridized carbons (Fsp3) is 0.371. The molecule has 0 saturated carbocycles. The van der Waals surface area contributed by atoms with Crippen molar-refractivity contribution in [2.75, 3.05) is 6.61 Å². The molecule has 4 N–H and O–H groups in total. The fourth-order valence-corrected chi connectivity index (χ4v) is 4.43. The Morgan fingerprint density at radius 3 is 1.57 bits per heavy atom. The Kier molecular flexibility index (Phi) is 14.0. The van der Waals surface area contributed by atoms with Crippen molar-refractivity contribution in [3.63, 3.8) is 0 Å². The van der Waals surface area contributed by atoms with E-state index in [4.69, 9.17) is 14.2 Å². The van der Waals surface area contributed by atoms with Crippen LogP contribution in [0.4, 0.5) is 9.59 Å². The molecule has 0 heterocycles. The fourth-order valence-electron chi connectivity index (χ4n) is 4.43. The van der Waals surface area contributed by atoms with Crippen LogP contribution in [0.1, 0.15) is 44.4 Å². The van der Waals surface area contributed by atoms with E-state index < -0.39 is 42.2 Å². The van der Waals surface area contributed by atoms with Crippen molar-refractivity contribution in [3.8, 4) is 5.75 Å². The van der Waals surface area contributed by atoms with Crippen LogP contribution < -0.4 is 20.7 Å². The number of hydrogen-bond donors (Lipinski definition) is 4. The molecule has 0 fully saturated rings. The number of nitrogens with one attached hydrogen (secondary N) is 3. The maximum Gasteiger partial charge on any atom is 0.408 e. The first-order valence-electron chi connectivity index (χ1n) is 15.2. The van der Waals surface area contributed by atoms with Gasteiger partial charge in [0.05, 0.1) is 12.6 Å². The van der Waals surface area contributed by atoms with Gasteiger partial charge < -0.3 is 35.3 Å². The summed E-state index contributed by atoms with van der Waals surface area (Å²) in [7, 11) is 0. The highest BCUT2D eigenvalue weighted by molar-refractivity contribution is 5.86. The van der Waals surface area contributed by atoms with E-state index in [9.17, 15) is 24.3 Å². The van der Waals surface area contributed by atoms with Gasteiger partial charge >= 0.3 is 18.2 Å². The van der Waals surface area contributed by atoms with Crippen molar-refractivity contribution in [3.05, 3.63) is 102 Å². The van der Waals surface area contributed by atoms with Crippen LogP contribution in [0.2, 0.25) is 0 Å². The zero-order chi connectivity index (χ0) is 33.5. The lowest BCUT2D eigenvalue weighted by atomic mass is 10.0. The van der Waals surface area contributed by atoms with Gasteiger partial charge in [0, 0.05) is 0 Å². The molecule has 246 valence electrons. The van der Waals surface area contributed by atoms with Crippen LogP contribution in [0, 0.1) is 11.8 Å². The molecule has 46 heavy (non-hydrogen) atoms. The molecule has 3 atom stereocenters. The van der Waals surface area contributed by atoms with Crippen molar-refractivity contribution in [1.29, 1.82) is 0 Å². The topological polar surface area (TPSA) is 152 Å². The summed E-state index contributed by atoms with van der Waals surface area (Å²) in [5.74, 6) is -1.34. The lowest BCUT2D eigenvalue weighted by Gasteiger charge is -2.24. The molecule has 0 radical (unpaired) electrons. The van der Waals surface area contributed by atoms with Gasteiger partial charge in [-0.25, -0.2) is 14.4 Å². The van der Waals surface area contributed by atoms with Gasteiger partial charge in [-0.2, -0.15) is 0 Å². The number of hydrogen-bond acceptors (Lipinski definition) is 8. The molecule has 1 unspecified atom stereocenters. The third kappa shape index (κ3) is 11.9. The number of aliphatic hydroxyl groups is 1. The minimum Gasteiger partial charge on any atom is -0.445 e. The smallest absolute Gasteiger partial charge is 0.408 e. The maximum atomic E-state index is 13.0. The molecule has 3 rings (SSSR count). The number of aliphatic hydroxyl groups excluding tert-OH is 1. The second kappa shape index (κ2) is 18.2. The van der Waals surface area contributed by atoms with Gasteiger partial charge in [0.2, 0.25) is 5.91 Å². The van der Waals surface area contributed by atoms with Crippen molar-refractivity contribution in [2.45, 2.75) is 65.5 Å². The van der Waals surface area contributed by atoms with Gasteiger partial charge in [-0.3, -0.25) is 4.79 Å². The highest BCUT2D eigenvalue weighted by atomic mass is 16.6.